The Hall–Kier alpha value is -4.19. The smallest absolute Gasteiger partial charge is 0.335 e. The number of amides is 5. The molecule has 1 aliphatic heterocycles. The summed E-state index contributed by atoms with van der Waals surface area (Å²) in [6.07, 6.45) is 1.39. The van der Waals surface area contributed by atoms with Gasteiger partial charge in [0.1, 0.15) is 5.57 Å². The third-order valence-electron chi connectivity index (χ3n) is 5.77. The Morgan fingerprint density at radius 1 is 1.03 bits per heavy atom. The summed E-state index contributed by atoms with van der Waals surface area (Å²) in [5.41, 5.74) is 3.28. The normalized spacial score (nSPS) is 14.3. The van der Waals surface area contributed by atoms with Gasteiger partial charge in [-0.15, -0.1) is 0 Å². The number of imide groups is 2. The minimum absolute atomic E-state index is 0.210. The van der Waals surface area contributed by atoms with E-state index < -0.39 is 17.8 Å². The summed E-state index contributed by atoms with van der Waals surface area (Å²) in [5.74, 6) is -1.17. The first-order chi connectivity index (χ1) is 18.7. The number of anilines is 2. The lowest BCUT2D eigenvalue weighted by molar-refractivity contribution is -0.122. The molecular formula is C29H26IN3O6. The lowest BCUT2D eigenvalue weighted by atomic mass is 10.1. The highest BCUT2D eigenvalue weighted by molar-refractivity contribution is 14.1. The number of hydrogen-bond acceptors (Lipinski definition) is 6. The predicted molar refractivity (Wildman–Crippen MR) is 156 cm³/mol. The summed E-state index contributed by atoms with van der Waals surface area (Å²) in [7, 11) is 0. The van der Waals surface area contributed by atoms with Crippen molar-refractivity contribution in [1.82, 2.24) is 5.32 Å². The van der Waals surface area contributed by atoms with E-state index in [-0.39, 0.29) is 18.1 Å². The second-order valence-corrected chi connectivity index (χ2v) is 9.87. The topological polar surface area (TPSA) is 114 Å². The molecule has 0 saturated carbocycles. The third-order valence-corrected chi connectivity index (χ3v) is 6.57. The van der Waals surface area contributed by atoms with Crippen LogP contribution in [0.25, 0.3) is 6.08 Å². The van der Waals surface area contributed by atoms with Crippen molar-refractivity contribution >= 4 is 63.8 Å². The first-order valence-electron chi connectivity index (χ1n) is 12.1. The van der Waals surface area contributed by atoms with Gasteiger partial charge in [0.25, 0.3) is 17.7 Å². The molecule has 1 fully saturated rings. The third kappa shape index (κ3) is 6.45. The number of nitrogens with one attached hydrogen (secondary N) is 2. The zero-order chi connectivity index (χ0) is 28.1. The van der Waals surface area contributed by atoms with E-state index in [0.717, 1.165) is 16.0 Å². The van der Waals surface area contributed by atoms with Crippen molar-refractivity contribution in [2.75, 3.05) is 23.4 Å². The lowest BCUT2D eigenvalue weighted by Crippen LogP contribution is -2.54. The minimum Gasteiger partial charge on any atom is -0.490 e. The predicted octanol–water partition coefficient (Wildman–Crippen LogP) is 4.99. The van der Waals surface area contributed by atoms with Crippen LogP contribution in [0.1, 0.15) is 23.6 Å². The molecule has 0 spiro atoms. The number of carbonyl (C=O) groups is 4. The molecule has 1 aliphatic rings. The monoisotopic (exact) mass is 639 g/mol. The van der Waals surface area contributed by atoms with Crippen molar-refractivity contribution < 1.29 is 28.7 Å². The first kappa shape index (κ1) is 27.8. The quantitative estimate of drug-likeness (QED) is 0.204. The Balaban J connectivity index is 1.58. The molecule has 200 valence electrons. The Morgan fingerprint density at radius 2 is 1.77 bits per heavy atom. The van der Waals surface area contributed by atoms with Crippen LogP contribution in [-0.2, 0) is 14.4 Å². The van der Waals surface area contributed by atoms with Gasteiger partial charge in [-0.05, 0) is 96.5 Å². The van der Waals surface area contributed by atoms with Gasteiger partial charge in [0.15, 0.2) is 18.1 Å². The van der Waals surface area contributed by atoms with Gasteiger partial charge in [-0.1, -0.05) is 30.3 Å². The second kappa shape index (κ2) is 12.1. The molecule has 0 bridgehead atoms. The summed E-state index contributed by atoms with van der Waals surface area (Å²) < 4.78 is 12.2. The minimum atomic E-state index is -0.819. The number of barbiturate groups is 1. The van der Waals surface area contributed by atoms with Crippen LogP contribution in [0.4, 0.5) is 16.2 Å². The van der Waals surface area contributed by atoms with E-state index in [2.05, 4.69) is 10.6 Å². The average Bonchev–Trinajstić information content (AvgIpc) is 2.89. The van der Waals surface area contributed by atoms with Gasteiger partial charge in [-0.3, -0.25) is 19.7 Å². The number of aryl methyl sites for hydroxylation is 2. The largest absolute Gasteiger partial charge is 0.490 e. The molecule has 0 radical (unpaired) electrons. The second-order valence-electron chi connectivity index (χ2n) is 8.71. The van der Waals surface area contributed by atoms with E-state index in [0.29, 0.717) is 38.6 Å². The molecule has 1 heterocycles. The van der Waals surface area contributed by atoms with Gasteiger partial charge in [0.2, 0.25) is 0 Å². The molecule has 1 saturated heterocycles. The number of ether oxygens (including phenoxy) is 2. The summed E-state index contributed by atoms with van der Waals surface area (Å²) in [4.78, 5) is 51.7. The molecule has 3 aromatic carbocycles. The highest BCUT2D eigenvalue weighted by Crippen LogP contribution is 2.35. The van der Waals surface area contributed by atoms with E-state index in [1.807, 2.05) is 54.6 Å². The van der Waals surface area contributed by atoms with Crippen molar-refractivity contribution in [1.29, 1.82) is 0 Å². The van der Waals surface area contributed by atoms with Crippen LogP contribution in [0.3, 0.4) is 0 Å². The lowest BCUT2D eigenvalue weighted by Gasteiger charge is -2.26. The van der Waals surface area contributed by atoms with Crippen LogP contribution in [0.15, 0.2) is 66.2 Å². The fourth-order valence-electron chi connectivity index (χ4n) is 3.90. The van der Waals surface area contributed by atoms with Crippen LogP contribution in [-0.4, -0.2) is 37.0 Å². The van der Waals surface area contributed by atoms with E-state index in [4.69, 9.17) is 9.47 Å². The van der Waals surface area contributed by atoms with Gasteiger partial charge in [-0.2, -0.15) is 0 Å². The van der Waals surface area contributed by atoms with Gasteiger partial charge >= 0.3 is 6.03 Å². The van der Waals surface area contributed by atoms with E-state index >= 15 is 0 Å². The Labute approximate surface area is 239 Å². The van der Waals surface area contributed by atoms with Gasteiger partial charge in [-0.25, -0.2) is 9.69 Å². The van der Waals surface area contributed by atoms with Crippen LogP contribution in [0.2, 0.25) is 0 Å². The first-order valence-corrected chi connectivity index (χ1v) is 13.2. The number of para-hydroxylation sites is 1. The van der Waals surface area contributed by atoms with Crippen molar-refractivity contribution in [2.24, 2.45) is 0 Å². The molecule has 4 rings (SSSR count). The molecule has 39 heavy (non-hydrogen) atoms. The molecule has 0 atom stereocenters. The van der Waals surface area contributed by atoms with E-state index in [1.54, 1.807) is 49.4 Å². The number of hydrogen-bond donors (Lipinski definition) is 2. The molecule has 10 heteroatoms. The Morgan fingerprint density at radius 3 is 2.49 bits per heavy atom. The van der Waals surface area contributed by atoms with Gasteiger partial charge in [0.05, 0.1) is 15.9 Å². The van der Waals surface area contributed by atoms with Crippen molar-refractivity contribution in [3.63, 3.8) is 0 Å². The number of nitrogens with zero attached hydrogens (tertiary/aromatic N) is 1. The zero-order valence-corrected chi connectivity index (χ0v) is 23.7. The number of halogens is 1. The highest BCUT2D eigenvalue weighted by Gasteiger charge is 2.36. The van der Waals surface area contributed by atoms with Crippen molar-refractivity contribution in [2.45, 2.75) is 20.8 Å². The molecule has 5 amide bonds. The molecule has 2 N–H and O–H groups in total. The van der Waals surface area contributed by atoms with Crippen molar-refractivity contribution in [3.8, 4) is 11.5 Å². The fourth-order valence-corrected chi connectivity index (χ4v) is 4.69. The average molecular weight is 639 g/mol. The summed E-state index contributed by atoms with van der Waals surface area (Å²) >= 11 is 2.04. The number of benzene rings is 3. The fraction of sp³-hybridized carbons (Fsp3) is 0.172. The Bertz CT molecular complexity index is 1490. The van der Waals surface area contributed by atoms with Crippen LogP contribution in [0, 0.1) is 17.4 Å². The molecule has 3 aromatic rings. The highest BCUT2D eigenvalue weighted by atomic mass is 127. The molecule has 0 aromatic heterocycles. The van der Waals surface area contributed by atoms with Gasteiger partial charge < -0.3 is 14.8 Å². The van der Waals surface area contributed by atoms with Crippen LogP contribution in [0.5, 0.6) is 11.5 Å². The number of urea groups is 1. The van der Waals surface area contributed by atoms with Gasteiger partial charge in [0, 0.05) is 5.69 Å². The summed E-state index contributed by atoms with van der Waals surface area (Å²) in [6.45, 7) is 5.72. The van der Waals surface area contributed by atoms with Crippen LogP contribution >= 0.6 is 22.6 Å². The molecule has 0 aliphatic carbocycles. The zero-order valence-electron chi connectivity index (χ0n) is 21.5. The molecule has 0 unspecified atom stereocenters. The maximum atomic E-state index is 13.2. The van der Waals surface area contributed by atoms with Crippen LogP contribution < -0.4 is 25.0 Å². The molecule has 9 nitrogen and oxygen atoms in total. The van der Waals surface area contributed by atoms with Crippen molar-refractivity contribution in [3.05, 3.63) is 86.5 Å². The Kier molecular flexibility index (Phi) is 8.65. The maximum Gasteiger partial charge on any atom is 0.335 e. The number of rotatable bonds is 8. The maximum absolute atomic E-state index is 13.2. The standard InChI is InChI=1S/C29H26IN3O6/c1-4-38-24-15-19(13-21-27(35)32-29(37)33(28(21)36)20-8-6-5-7-9-20)14-22(30)26(24)39-16-25(34)31-23-12-17(2)10-11-18(23)3/h5-15H,4,16H2,1-3H3,(H,31,34)(H,32,35,37)/b21-13-. The van der Waals surface area contributed by atoms with E-state index in [1.165, 1.54) is 6.08 Å². The van der Waals surface area contributed by atoms with E-state index in [9.17, 15) is 19.2 Å². The summed E-state index contributed by atoms with van der Waals surface area (Å²) in [6, 6.07) is 16.6. The SMILES string of the molecule is CCOc1cc(/C=C2/C(=O)NC(=O)N(c3ccccc3)C2=O)cc(I)c1OCC(=O)Nc1cc(C)ccc1C. The molecular weight excluding hydrogens is 613 g/mol. The number of carbonyl (C=O) groups excluding carboxylic acids is 4. The summed E-state index contributed by atoms with van der Waals surface area (Å²) in [5, 5.41) is 5.07.